The van der Waals surface area contributed by atoms with Gasteiger partial charge in [-0.15, -0.1) is 0 Å². The summed E-state index contributed by atoms with van der Waals surface area (Å²) in [5.74, 6) is -0.843. The van der Waals surface area contributed by atoms with Crippen LogP contribution in [0.1, 0.15) is 29.8 Å². The van der Waals surface area contributed by atoms with Crippen molar-refractivity contribution in [2.75, 3.05) is 17.3 Å². The standard InChI is InChI=1S/C19H16F5N5O2/c1-31-16-5-3-12(8-25-16)29(9-11-7-15(18(23)24)28-27-11)19(30)26-10-2-4-14(20)13(6-10)17(21)22/h2-8,17-18H,9H2,1H3,(H,26,30)(H,27,28). The Balaban J connectivity index is 1.88. The van der Waals surface area contributed by atoms with Gasteiger partial charge in [0.2, 0.25) is 5.88 Å². The lowest BCUT2D eigenvalue weighted by molar-refractivity contribution is 0.145. The molecule has 0 bridgehead atoms. The van der Waals surface area contributed by atoms with Crippen LogP contribution >= 0.6 is 0 Å². The van der Waals surface area contributed by atoms with E-state index >= 15 is 0 Å². The van der Waals surface area contributed by atoms with E-state index in [1.54, 1.807) is 0 Å². The Hall–Kier alpha value is -3.70. The summed E-state index contributed by atoms with van der Waals surface area (Å²) in [6.45, 7) is -0.244. The average Bonchev–Trinajstić information content (AvgIpc) is 3.22. The normalized spacial score (nSPS) is 11.1. The summed E-state index contributed by atoms with van der Waals surface area (Å²) in [6, 6.07) is 5.98. The van der Waals surface area contributed by atoms with Crippen molar-refractivity contribution >= 4 is 17.4 Å². The first kappa shape index (κ1) is 22.0. The van der Waals surface area contributed by atoms with Gasteiger partial charge in [0.05, 0.1) is 36.8 Å². The van der Waals surface area contributed by atoms with Crippen molar-refractivity contribution in [3.05, 3.63) is 65.4 Å². The largest absolute Gasteiger partial charge is 0.481 e. The van der Waals surface area contributed by atoms with Gasteiger partial charge in [-0.2, -0.15) is 5.10 Å². The van der Waals surface area contributed by atoms with Crippen molar-refractivity contribution in [3.63, 3.8) is 0 Å². The molecule has 164 valence electrons. The highest BCUT2D eigenvalue weighted by Gasteiger charge is 2.21. The number of aromatic nitrogens is 3. The topological polar surface area (TPSA) is 83.1 Å². The number of hydrogen-bond donors (Lipinski definition) is 2. The van der Waals surface area contributed by atoms with Crippen LogP contribution in [-0.4, -0.2) is 28.3 Å². The Bertz CT molecular complexity index is 1040. The van der Waals surface area contributed by atoms with Crippen molar-refractivity contribution in [2.24, 2.45) is 0 Å². The van der Waals surface area contributed by atoms with E-state index in [4.69, 9.17) is 4.74 Å². The van der Waals surface area contributed by atoms with Crippen LogP contribution in [0.5, 0.6) is 5.88 Å². The van der Waals surface area contributed by atoms with Gasteiger partial charge < -0.3 is 10.1 Å². The number of benzene rings is 1. The molecule has 3 aromatic rings. The molecule has 2 N–H and O–H groups in total. The molecule has 0 unspecified atom stereocenters. The number of alkyl halides is 4. The molecule has 0 fully saturated rings. The van der Waals surface area contributed by atoms with Crippen molar-refractivity contribution in [3.8, 4) is 5.88 Å². The number of anilines is 2. The highest BCUT2D eigenvalue weighted by molar-refractivity contribution is 6.01. The van der Waals surface area contributed by atoms with Crippen LogP contribution in [-0.2, 0) is 6.54 Å². The van der Waals surface area contributed by atoms with Crippen LogP contribution in [0.15, 0.2) is 42.6 Å². The smallest absolute Gasteiger partial charge is 0.326 e. The molecule has 2 heterocycles. The Labute approximate surface area is 172 Å². The minimum atomic E-state index is -3.07. The van der Waals surface area contributed by atoms with Crippen LogP contribution in [0, 0.1) is 5.82 Å². The summed E-state index contributed by atoms with van der Waals surface area (Å²) < 4.78 is 70.0. The van der Waals surface area contributed by atoms with E-state index in [-0.39, 0.29) is 29.5 Å². The average molecular weight is 441 g/mol. The lowest BCUT2D eigenvalue weighted by atomic mass is 10.2. The Morgan fingerprint density at radius 1 is 1.16 bits per heavy atom. The molecule has 2 amide bonds. The number of pyridine rings is 1. The summed E-state index contributed by atoms with van der Waals surface area (Å²) in [4.78, 5) is 18.0. The molecule has 7 nitrogen and oxygen atoms in total. The molecule has 0 aliphatic heterocycles. The highest BCUT2D eigenvalue weighted by atomic mass is 19.3. The van der Waals surface area contributed by atoms with E-state index in [0.717, 1.165) is 29.2 Å². The molecular weight excluding hydrogens is 425 g/mol. The molecule has 0 radical (unpaired) electrons. The van der Waals surface area contributed by atoms with E-state index in [0.29, 0.717) is 0 Å². The number of urea groups is 1. The molecule has 0 saturated heterocycles. The molecule has 1 aromatic carbocycles. The van der Waals surface area contributed by atoms with Crippen LogP contribution in [0.4, 0.5) is 38.1 Å². The predicted molar refractivity (Wildman–Crippen MR) is 101 cm³/mol. The van der Waals surface area contributed by atoms with Gasteiger partial charge in [0.15, 0.2) is 0 Å². The van der Waals surface area contributed by atoms with Crippen molar-refractivity contribution in [1.82, 2.24) is 15.2 Å². The number of carbonyl (C=O) groups is 1. The third-order valence-electron chi connectivity index (χ3n) is 4.17. The maximum atomic E-state index is 13.5. The van der Waals surface area contributed by atoms with Gasteiger partial charge in [0.25, 0.3) is 12.9 Å². The number of rotatable bonds is 7. The Kier molecular flexibility index (Phi) is 6.68. The third-order valence-corrected chi connectivity index (χ3v) is 4.17. The van der Waals surface area contributed by atoms with Gasteiger partial charge in [-0.25, -0.2) is 31.7 Å². The lowest BCUT2D eigenvalue weighted by Gasteiger charge is -2.22. The molecule has 0 atom stereocenters. The van der Waals surface area contributed by atoms with E-state index in [1.165, 1.54) is 25.4 Å². The van der Waals surface area contributed by atoms with E-state index in [1.807, 2.05) is 0 Å². The molecular formula is C19H16F5N5O2. The van der Waals surface area contributed by atoms with Crippen LogP contribution in [0.2, 0.25) is 0 Å². The van der Waals surface area contributed by atoms with Crippen molar-refractivity contribution in [2.45, 2.75) is 19.4 Å². The van der Waals surface area contributed by atoms with E-state index in [9.17, 15) is 26.7 Å². The molecule has 31 heavy (non-hydrogen) atoms. The minimum Gasteiger partial charge on any atom is -0.481 e. The first-order valence-corrected chi connectivity index (χ1v) is 8.77. The van der Waals surface area contributed by atoms with E-state index in [2.05, 4.69) is 20.5 Å². The van der Waals surface area contributed by atoms with Crippen molar-refractivity contribution in [1.29, 1.82) is 0 Å². The fourth-order valence-electron chi connectivity index (χ4n) is 2.65. The molecule has 0 aliphatic carbocycles. The summed E-state index contributed by atoms with van der Waals surface area (Å²) in [6.07, 6.45) is -4.55. The number of nitrogens with one attached hydrogen (secondary N) is 2. The Morgan fingerprint density at radius 3 is 2.52 bits per heavy atom. The lowest BCUT2D eigenvalue weighted by Crippen LogP contribution is -2.34. The number of H-pyrrole nitrogens is 1. The van der Waals surface area contributed by atoms with Gasteiger partial charge in [-0.1, -0.05) is 0 Å². The first-order chi connectivity index (χ1) is 14.8. The summed E-state index contributed by atoms with van der Waals surface area (Å²) >= 11 is 0. The molecule has 12 heteroatoms. The van der Waals surface area contributed by atoms with Crippen LogP contribution in [0.3, 0.4) is 0 Å². The number of aromatic amines is 1. The number of nitrogens with zero attached hydrogens (tertiary/aromatic N) is 3. The van der Waals surface area contributed by atoms with Crippen LogP contribution < -0.4 is 15.0 Å². The predicted octanol–water partition coefficient (Wildman–Crippen LogP) is 5.07. The molecule has 2 aromatic heterocycles. The molecule has 0 aliphatic rings. The maximum absolute atomic E-state index is 13.5. The minimum absolute atomic E-state index is 0.0801. The number of ether oxygens (including phenoxy) is 1. The number of hydrogen-bond acceptors (Lipinski definition) is 4. The van der Waals surface area contributed by atoms with Gasteiger partial charge in [0, 0.05) is 11.8 Å². The van der Waals surface area contributed by atoms with Crippen molar-refractivity contribution < 1.29 is 31.5 Å². The van der Waals surface area contributed by atoms with E-state index < -0.39 is 36.0 Å². The zero-order chi connectivity index (χ0) is 22.5. The zero-order valence-corrected chi connectivity index (χ0v) is 16.0. The SMILES string of the molecule is COc1ccc(N(Cc2cc(C(F)F)[nH]n2)C(=O)Nc2ccc(F)c(C(F)F)c2)cn1. The molecule has 3 rings (SSSR count). The fourth-order valence-corrected chi connectivity index (χ4v) is 2.65. The summed E-state index contributed by atoms with van der Waals surface area (Å²) in [7, 11) is 1.40. The van der Waals surface area contributed by atoms with Gasteiger partial charge in [-0.3, -0.25) is 10.00 Å². The number of carbonyl (C=O) groups excluding carboxylic acids is 1. The number of halogens is 5. The van der Waals surface area contributed by atoms with Crippen LogP contribution in [0.25, 0.3) is 0 Å². The van der Waals surface area contributed by atoms with Gasteiger partial charge in [0.1, 0.15) is 11.5 Å². The maximum Gasteiger partial charge on any atom is 0.326 e. The fraction of sp³-hybridized carbons (Fsp3) is 0.211. The summed E-state index contributed by atoms with van der Waals surface area (Å²) in [5.41, 5.74) is -1.01. The molecule has 0 spiro atoms. The first-order valence-electron chi connectivity index (χ1n) is 8.77. The monoisotopic (exact) mass is 441 g/mol. The molecule has 0 saturated carbocycles. The highest BCUT2D eigenvalue weighted by Crippen LogP contribution is 2.26. The number of methoxy groups -OCH3 is 1. The zero-order valence-electron chi connectivity index (χ0n) is 16.0. The quantitative estimate of drug-likeness (QED) is 0.502. The number of amides is 2. The second-order valence-electron chi connectivity index (χ2n) is 6.23. The van der Waals surface area contributed by atoms with Gasteiger partial charge >= 0.3 is 6.03 Å². The second-order valence-corrected chi connectivity index (χ2v) is 6.23. The third kappa shape index (κ3) is 5.27. The summed E-state index contributed by atoms with van der Waals surface area (Å²) in [5, 5.41) is 8.31. The Morgan fingerprint density at radius 2 is 1.94 bits per heavy atom. The van der Waals surface area contributed by atoms with Gasteiger partial charge in [-0.05, 0) is 30.3 Å². The second kappa shape index (κ2) is 9.41.